The first-order valence-corrected chi connectivity index (χ1v) is 17.3. The molecule has 2 N–H and O–H groups in total. The van der Waals surface area contributed by atoms with Gasteiger partial charge in [0.1, 0.15) is 0 Å². The van der Waals surface area contributed by atoms with Crippen LogP contribution in [-0.2, 0) is 22.4 Å². The molecule has 2 aromatic rings. The Bertz CT molecular complexity index is 1400. The molecule has 3 aliphatic heterocycles. The number of nitrogens with one attached hydrogen (secondary N) is 1. The maximum absolute atomic E-state index is 13.9. The molecule has 3 fully saturated rings. The number of benzene rings is 2. The van der Waals surface area contributed by atoms with Crippen molar-refractivity contribution in [1.29, 1.82) is 0 Å². The van der Waals surface area contributed by atoms with E-state index in [4.69, 9.17) is 27.9 Å². The second kappa shape index (κ2) is 14.7. The average molecular weight is 673 g/mol. The molecule has 1 atom stereocenters. The van der Waals surface area contributed by atoms with Crippen LogP contribution < -0.4 is 5.32 Å². The minimum atomic E-state index is -1.07. The zero-order chi connectivity index (χ0) is 32.2. The van der Waals surface area contributed by atoms with Crippen molar-refractivity contribution in [3.63, 3.8) is 0 Å². The molecule has 3 heterocycles. The Morgan fingerprint density at radius 1 is 0.870 bits per heavy atom. The lowest BCUT2D eigenvalue weighted by Crippen LogP contribution is -2.55. The van der Waals surface area contributed by atoms with E-state index in [9.17, 15) is 19.5 Å². The second-order valence-electron chi connectivity index (χ2n) is 12.9. The van der Waals surface area contributed by atoms with Crippen molar-refractivity contribution in [2.45, 2.75) is 76.0 Å². The number of halogens is 2. The van der Waals surface area contributed by atoms with E-state index in [0.717, 1.165) is 30.8 Å². The molecule has 6 rings (SSSR count). The fourth-order valence-corrected chi connectivity index (χ4v) is 7.91. The van der Waals surface area contributed by atoms with Crippen molar-refractivity contribution in [2.75, 3.05) is 51.1 Å². The van der Waals surface area contributed by atoms with Crippen LogP contribution in [0.2, 0.25) is 10.0 Å². The van der Waals surface area contributed by atoms with Crippen molar-refractivity contribution in [3.8, 4) is 5.75 Å². The van der Waals surface area contributed by atoms with Gasteiger partial charge in [0, 0.05) is 70.0 Å². The summed E-state index contributed by atoms with van der Waals surface area (Å²) in [5.41, 5.74) is 2.55. The molecular formula is C34H43Cl2N5O5. The molecule has 4 amide bonds. The third-order valence-corrected chi connectivity index (χ3v) is 10.6. The van der Waals surface area contributed by atoms with Crippen molar-refractivity contribution in [3.05, 3.63) is 57.6 Å². The summed E-state index contributed by atoms with van der Waals surface area (Å²) >= 11 is 12.4. The van der Waals surface area contributed by atoms with Crippen molar-refractivity contribution >= 4 is 46.9 Å². The molecule has 12 heteroatoms. The van der Waals surface area contributed by atoms with Gasteiger partial charge in [-0.1, -0.05) is 60.7 Å². The standard InChI is InChI=1S/C34H43Cl2N5O5/c35-27-20-23(21-28(36)31(27)42)22-30(32(43)39-18-16-38(17-19-39)25-7-2-1-3-8-25)46-34(45)40-13-11-26(12-14-40)41-15-10-24-6-4-5-9-29(24)37-33(41)44/h4-6,9,20-21,25-26,30,42H,1-3,7-8,10-19,22H2,(H,37,44). The smallest absolute Gasteiger partial charge is 0.410 e. The zero-order valence-corrected chi connectivity index (χ0v) is 27.6. The van der Waals surface area contributed by atoms with E-state index in [1.165, 1.54) is 32.1 Å². The SMILES string of the molecule is O=C(OC(Cc1cc(Cl)c(O)c(Cl)c1)C(=O)N1CCN(C2CCCCC2)CC1)N1CCC(N2CCc3ccccc3NC2=O)CC1. The van der Waals surface area contributed by atoms with Crippen LogP contribution in [0.5, 0.6) is 5.75 Å². The number of para-hydroxylation sites is 1. The minimum Gasteiger partial charge on any atom is -0.505 e. The number of nitrogens with zero attached hydrogens (tertiary/aromatic N) is 4. The number of urea groups is 1. The van der Waals surface area contributed by atoms with Gasteiger partial charge in [-0.05, 0) is 61.4 Å². The summed E-state index contributed by atoms with van der Waals surface area (Å²) in [4.78, 5) is 48.3. The van der Waals surface area contributed by atoms with E-state index >= 15 is 0 Å². The summed E-state index contributed by atoms with van der Waals surface area (Å²) in [5.74, 6) is -0.469. The number of carbonyl (C=O) groups is 3. The number of fused-ring (bicyclic) bond motifs is 1. The van der Waals surface area contributed by atoms with Gasteiger partial charge in [-0.25, -0.2) is 9.59 Å². The van der Waals surface area contributed by atoms with E-state index < -0.39 is 12.2 Å². The van der Waals surface area contributed by atoms with Gasteiger partial charge in [-0.3, -0.25) is 9.69 Å². The fourth-order valence-electron chi connectivity index (χ4n) is 7.38. The van der Waals surface area contributed by atoms with Crippen molar-refractivity contribution in [1.82, 2.24) is 19.6 Å². The fraction of sp³-hybridized carbons (Fsp3) is 0.559. The molecule has 0 spiro atoms. The van der Waals surface area contributed by atoms with Gasteiger partial charge < -0.3 is 29.9 Å². The number of phenols is 1. The highest BCUT2D eigenvalue weighted by atomic mass is 35.5. The van der Waals surface area contributed by atoms with E-state index in [-0.39, 0.29) is 40.2 Å². The van der Waals surface area contributed by atoms with Crippen molar-refractivity contribution < 1.29 is 24.2 Å². The largest absolute Gasteiger partial charge is 0.505 e. The van der Waals surface area contributed by atoms with E-state index in [0.29, 0.717) is 57.2 Å². The number of piperidine rings is 1. The molecule has 1 aliphatic carbocycles. The first-order valence-electron chi connectivity index (χ1n) is 16.6. The summed E-state index contributed by atoms with van der Waals surface area (Å²) in [6.07, 6.45) is 6.69. The van der Waals surface area contributed by atoms with E-state index in [2.05, 4.69) is 10.2 Å². The lowest BCUT2D eigenvalue weighted by atomic mass is 9.94. The highest BCUT2D eigenvalue weighted by molar-refractivity contribution is 6.37. The highest BCUT2D eigenvalue weighted by Crippen LogP contribution is 2.34. The lowest BCUT2D eigenvalue weighted by molar-refractivity contribution is -0.143. The number of amides is 4. The Kier molecular flexibility index (Phi) is 10.5. The van der Waals surface area contributed by atoms with Gasteiger partial charge in [0.25, 0.3) is 5.91 Å². The van der Waals surface area contributed by atoms with Crippen LogP contribution >= 0.6 is 23.2 Å². The van der Waals surface area contributed by atoms with Gasteiger partial charge in [-0.15, -0.1) is 0 Å². The molecule has 1 saturated carbocycles. The van der Waals surface area contributed by atoms with Gasteiger partial charge in [0.15, 0.2) is 11.9 Å². The number of aromatic hydroxyl groups is 1. The Balaban J connectivity index is 1.09. The third kappa shape index (κ3) is 7.50. The number of ether oxygens (including phenoxy) is 1. The van der Waals surface area contributed by atoms with Gasteiger partial charge >= 0.3 is 12.1 Å². The van der Waals surface area contributed by atoms with E-state index in [1.54, 1.807) is 21.9 Å². The number of hydrogen-bond donors (Lipinski definition) is 2. The first-order chi connectivity index (χ1) is 22.3. The van der Waals surface area contributed by atoms with Crippen molar-refractivity contribution in [2.24, 2.45) is 0 Å². The maximum atomic E-state index is 13.9. The quantitative estimate of drug-likeness (QED) is 0.404. The molecule has 1 unspecified atom stereocenters. The third-order valence-electron chi connectivity index (χ3n) is 10.0. The van der Waals surface area contributed by atoms with Crippen LogP contribution in [0, 0.1) is 0 Å². The summed E-state index contributed by atoms with van der Waals surface area (Å²) in [6.45, 7) is 4.20. The Morgan fingerprint density at radius 3 is 2.24 bits per heavy atom. The predicted octanol–water partition coefficient (Wildman–Crippen LogP) is 5.78. The minimum absolute atomic E-state index is 0.00229. The number of rotatable bonds is 6. The van der Waals surface area contributed by atoms with Crippen LogP contribution in [0.15, 0.2) is 36.4 Å². The lowest BCUT2D eigenvalue weighted by Gasteiger charge is -2.41. The topological polar surface area (TPSA) is 106 Å². The van der Waals surface area contributed by atoms with Gasteiger partial charge in [-0.2, -0.15) is 0 Å². The number of carbonyl (C=O) groups excluding carboxylic acids is 3. The van der Waals surface area contributed by atoms with Crippen LogP contribution in [0.1, 0.15) is 56.1 Å². The highest BCUT2D eigenvalue weighted by Gasteiger charge is 2.36. The number of phenolic OH excluding ortho intramolecular Hbond substituents is 1. The molecule has 248 valence electrons. The van der Waals surface area contributed by atoms with Gasteiger partial charge in [0.05, 0.1) is 10.0 Å². The summed E-state index contributed by atoms with van der Waals surface area (Å²) < 4.78 is 5.97. The number of likely N-dealkylation sites (tertiary alicyclic amines) is 1. The molecule has 2 saturated heterocycles. The molecule has 4 aliphatic rings. The Morgan fingerprint density at radius 2 is 1.54 bits per heavy atom. The molecule has 10 nitrogen and oxygen atoms in total. The average Bonchev–Trinajstić information content (AvgIpc) is 3.25. The second-order valence-corrected chi connectivity index (χ2v) is 13.7. The number of piperazine rings is 1. The number of anilines is 1. The van der Waals surface area contributed by atoms with Crippen LogP contribution in [0.25, 0.3) is 0 Å². The zero-order valence-electron chi connectivity index (χ0n) is 26.1. The summed E-state index contributed by atoms with van der Waals surface area (Å²) in [6, 6.07) is 11.4. The van der Waals surface area contributed by atoms with Crippen LogP contribution in [-0.4, -0.2) is 107 Å². The molecule has 0 radical (unpaired) electrons. The number of hydrogen-bond acceptors (Lipinski definition) is 6. The first kappa shape index (κ1) is 32.7. The van der Waals surface area contributed by atoms with Gasteiger partial charge in [0.2, 0.25) is 0 Å². The maximum Gasteiger partial charge on any atom is 0.410 e. The summed E-state index contributed by atoms with van der Waals surface area (Å²) in [7, 11) is 0. The van der Waals surface area contributed by atoms with E-state index in [1.807, 2.05) is 29.2 Å². The normalized spacial score (nSPS) is 20.9. The molecule has 0 aromatic heterocycles. The molecular weight excluding hydrogens is 629 g/mol. The Hall–Kier alpha value is -3.21. The Labute approximate surface area is 280 Å². The molecule has 0 bridgehead atoms. The molecule has 2 aromatic carbocycles. The summed E-state index contributed by atoms with van der Waals surface area (Å²) in [5, 5.41) is 13.2. The van der Waals surface area contributed by atoms with Crippen LogP contribution in [0.4, 0.5) is 15.3 Å². The predicted molar refractivity (Wildman–Crippen MR) is 178 cm³/mol. The van der Waals surface area contributed by atoms with Crippen LogP contribution in [0.3, 0.4) is 0 Å². The monoisotopic (exact) mass is 671 g/mol. The molecule has 46 heavy (non-hydrogen) atoms.